The predicted octanol–water partition coefficient (Wildman–Crippen LogP) is 2.45. The van der Waals surface area contributed by atoms with Gasteiger partial charge < -0.3 is 9.80 Å². The Balaban J connectivity index is 1.40. The van der Waals surface area contributed by atoms with E-state index in [1.807, 2.05) is 26.0 Å². The first kappa shape index (κ1) is 19.9. The van der Waals surface area contributed by atoms with Gasteiger partial charge >= 0.3 is 0 Å². The monoisotopic (exact) mass is 412 g/mol. The summed E-state index contributed by atoms with van der Waals surface area (Å²) >= 11 is 0. The zero-order chi connectivity index (χ0) is 21.3. The van der Waals surface area contributed by atoms with Gasteiger partial charge in [0, 0.05) is 44.0 Å². The number of hydrogen-bond acceptors (Lipinski definition) is 5. The van der Waals surface area contributed by atoms with Crippen molar-refractivity contribution in [1.82, 2.24) is 24.6 Å². The number of nitrogens with zero attached hydrogens (tertiary/aromatic N) is 6. The third kappa shape index (κ3) is 4.14. The zero-order valence-electron chi connectivity index (χ0n) is 16.8. The van der Waals surface area contributed by atoms with Gasteiger partial charge in [0.1, 0.15) is 23.8 Å². The number of aryl methyl sites for hydroxylation is 2. The number of halogens is 2. The summed E-state index contributed by atoms with van der Waals surface area (Å²) in [6.45, 7) is 6.11. The molecule has 4 rings (SSSR count). The van der Waals surface area contributed by atoms with Crippen LogP contribution in [0.2, 0.25) is 0 Å². The quantitative estimate of drug-likeness (QED) is 0.659. The maximum atomic E-state index is 13.8. The maximum absolute atomic E-state index is 13.8. The van der Waals surface area contributed by atoms with Gasteiger partial charge in [-0.3, -0.25) is 4.79 Å². The van der Waals surface area contributed by atoms with Crippen molar-refractivity contribution in [3.05, 3.63) is 65.2 Å². The van der Waals surface area contributed by atoms with Crippen LogP contribution in [0.15, 0.2) is 36.7 Å². The molecular weight excluding hydrogens is 390 g/mol. The van der Waals surface area contributed by atoms with Crippen LogP contribution in [0.4, 0.5) is 14.6 Å². The fourth-order valence-electron chi connectivity index (χ4n) is 3.61. The average molecular weight is 412 g/mol. The molecule has 0 N–H and O–H groups in total. The van der Waals surface area contributed by atoms with Crippen LogP contribution in [0.1, 0.15) is 17.0 Å². The van der Waals surface area contributed by atoms with Gasteiger partial charge in [-0.1, -0.05) is 6.07 Å². The highest BCUT2D eigenvalue weighted by Gasteiger charge is 2.23. The van der Waals surface area contributed by atoms with E-state index in [-0.39, 0.29) is 17.9 Å². The lowest BCUT2D eigenvalue weighted by Crippen LogP contribution is -2.49. The van der Waals surface area contributed by atoms with E-state index in [0.717, 1.165) is 23.3 Å². The molecule has 7 nitrogen and oxygen atoms in total. The van der Waals surface area contributed by atoms with Crippen molar-refractivity contribution >= 4 is 11.7 Å². The number of piperazine rings is 1. The van der Waals surface area contributed by atoms with Gasteiger partial charge in [0.05, 0.1) is 12.1 Å². The molecule has 2 aromatic heterocycles. The molecule has 0 atom stereocenters. The molecule has 3 aromatic rings. The van der Waals surface area contributed by atoms with Crippen LogP contribution in [0.3, 0.4) is 0 Å². The lowest BCUT2D eigenvalue weighted by molar-refractivity contribution is -0.130. The molecule has 3 heterocycles. The number of benzene rings is 1. The van der Waals surface area contributed by atoms with Gasteiger partial charge in [0.2, 0.25) is 5.91 Å². The summed E-state index contributed by atoms with van der Waals surface area (Å²) in [6, 6.07) is 7.15. The Morgan fingerprint density at radius 2 is 1.73 bits per heavy atom. The van der Waals surface area contributed by atoms with E-state index in [4.69, 9.17) is 0 Å². The van der Waals surface area contributed by atoms with Crippen molar-refractivity contribution < 1.29 is 13.6 Å². The summed E-state index contributed by atoms with van der Waals surface area (Å²) in [5.41, 5.74) is 2.10. The Bertz CT molecular complexity index is 1080. The van der Waals surface area contributed by atoms with Crippen LogP contribution in [-0.4, -0.2) is 56.7 Å². The molecule has 0 saturated carbocycles. The van der Waals surface area contributed by atoms with E-state index >= 15 is 0 Å². The second-order valence-corrected chi connectivity index (χ2v) is 7.35. The lowest BCUT2D eigenvalue weighted by atomic mass is 10.1. The van der Waals surface area contributed by atoms with Gasteiger partial charge in [-0.05, 0) is 31.5 Å². The van der Waals surface area contributed by atoms with E-state index in [0.29, 0.717) is 32.0 Å². The summed E-state index contributed by atoms with van der Waals surface area (Å²) in [7, 11) is 0. The van der Waals surface area contributed by atoms with E-state index in [2.05, 4.69) is 20.0 Å². The molecule has 0 unspecified atom stereocenters. The molecule has 1 aliphatic heterocycles. The van der Waals surface area contributed by atoms with Crippen molar-refractivity contribution in [1.29, 1.82) is 0 Å². The molecule has 1 saturated heterocycles. The molecule has 0 bridgehead atoms. The van der Waals surface area contributed by atoms with Crippen LogP contribution in [0, 0.1) is 25.5 Å². The smallest absolute Gasteiger partial charge is 0.227 e. The molecule has 156 valence electrons. The fraction of sp³-hybridized carbons (Fsp3) is 0.333. The lowest BCUT2D eigenvalue weighted by Gasteiger charge is -2.35. The first-order valence-electron chi connectivity index (χ1n) is 9.73. The van der Waals surface area contributed by atoms with Crippen molar-refractivity contribution in [2.45, 2.75) is 20.3 Å². The number of rotatable bonds is 4. The molecule has 30 heavy (non-hydrogen) atoms. The Kier molecular flexibility index (Phi) is 5.43. The van der Waals surface area contributed by atoms with Gasteiger partial charge in [-0.15, -0.1) is 0 Å². The van der Waals surface area contributed by atoms with Crippen LogP contribution in [-0.2, 0) is 11.2 Å². The SMILES string of the molecule is Cc1cc(C)n(-c2cc(N3CCN(C(=O)Cc4ccc(F)cc4F)CC3)ncn2)n1. The highest BCUT2D eigenvalue weighted by Crippen LogP contribution is 2.18. The highest BCUT2D eigenvalue weighted by atomic mass is 19.1. The molecule has 1 aromatic carbocycles. The molecule has 0 radical (unpaired) electrons. The van der Waals surface area contributed by atoms with E-state index in [1.54, 1.807) is 9.58 Å². The van der Waals surface area contributed by atoms with Crippen molar-refractivity contribution in [3.63, 3.8) is 0 Å². The topological polar surface area (TPSA) is 67.2 Å². The van der Waals surface area contributed by atoms with Crippen molar-refractivity contribution in [2.75, 3.05) is 31.1 Å². The van der Waals surface area contributed by atoms with Gasteiger partial charge in [0.25, 0.3) is 0 Å². The molecule has 1 fully saturated rings. The number of hydrogen-bond donors (Lipinski definition) is 0. The minimum atomic E-state index is -0.695. The standard InChI is InChI=1S/C21H22F2N6O/c1-14-9-15(2)29(26-14)20-12-19(24-13-25-20)27-5-7-28(8-6-27)21(30)10-16-3-4-17(22)11-18(16)23/h3-4,9,11-13H,5-8,10H2,1-2H3. The molecule has 0 aliphatic carbocycles. The highest BCUT2D eigenvalue weighted by molar-refractivity contribution is 5.79. The Morgan fingerprint density at radius 3 is 2.40 bits per heavy atom. The Morgan fingerprint density at radius 1 is 1.00 bits per heavy atom. The van der Waals surface area contributed by atoms with E-state index in [9.17, 15) is 13.6 Å². The second-order valence-electron chi connectivity index (χ2n) is 7.35. The van der Waals surface area contributed by atoms with Gasteiger partial charge in [0.15, 0.2) is 5.82 Å². The maximum Gasteiger partial charge on any atom is 0.227 e. The van der Waals surface area contributed by atoms with Crippen LogP contribution in [0.5, 0.6) is 0 Å². The second kappa shape index (κ2) is 8.17. The normalized spacial score (nSPS) is 14.3. The summed E-state index contributed by atoms with van der Waals surface area (Å²) in [4.78, 5) is 25.0. The molecular formula is C21H22F2N6O. The third-order valence-corrected chi connectivity index (χ3v) is 5.18. The largest absolute Gasteiger partial charge is 0.353 e. The molecule has 1 aliphatic rings. The Hall–Kier alpha value is -3.36. The Labute approximate surface area is 173 Å². The minimum absolute atomic E-state index is 0.0817. The van der Waals surface area contributed by atoms with Crippen molar-refractivity contribution in [2.24, 2.45) is 0 Å². The van der Waals surface area contributed by atoms with E-state index in [1.165, 1.54) is 18.5 Å². The number of aromatic nitrogens is 4. The molecule has 0 spiro atoms. The zero-order valence-corrected chi connectivity index (χ0v) is 16.8. The number of carbonyl (C=O) groups excluding carboxylic acids is 1. The fourth-order valence-corrected chi connectivity index (χ4v) is 3.61. The minimum Gasteiger partial charge on any atom is -0.353 e. The molecule has 1 amide bonds. The van der Waals surface area contributed by atoms with Gasteiger partial charge in [-0.25, -0.2) is 23.4 Å². The predicted molar refractivity (Wildman–Crippen MR) is 107 cm³/mol. The van der Waals surface area contributed by atoms with E-state index < -0.39 is 11.6 Å². The average Bonchev–Trinajstić information content (AvgIpc) is 3.08. The third-order valence-electron chi connectivity index (χ3n) is 5.18. The van der Waals surface area contributed by atoms with Gasteiger partial charge in [-0.2, -0.15) is 5.10 Å². The summed E-state index contributed by atoms with van der Waals surface area (Å²) in [6.07, 6.45) is 1.43. The first-order valence-corrected chi connectivity index (χ1v) is 9.73. The first-order chi connectivity index (χ1) is 14.4. The summed E-state index contributed by atoms with van der Waals surface area (Å²) in [5, 5.41) is 4.46. The number of carbonyl (C=O) groups is 1. The number of amides is 1. The molecule has 9 heteroatoms. The van der Waals surface area contributed by atoms with Crippen molar-refractivity contribution in [3.8, 4) is 5.82 Å². The summed E-state index contributed by atoms with van der Waals surface area (Å²) < 4.78 is 28.7. The number of anilines is 1. The van der Waals surface area contributed by atoms with Crippen LogP contribution in [0.25, 0.3) is 5.82 Å². The van der Waals surface area contributed by atoms with Crippen LogP contribution < -0.4 is 4.90 Å². The summed E-state index contributed by atoms with van der Waals surface area (Å²) in [5.74, 6) is -0.0621. The van der Waals surface area contributed by atoms with Crippen LogP contribution >= 0.6 is 0 Å².